The minimum Gasteiger partial charge on any atom is -0.267 e. The Morgan fingerprint density at radius 3 is 2.48 bits per heavy atom. The summed E-state index contributed by atoms with van der Waals surface area (Å²) >= 11 is 5.83. The molecule has 1 N–H and O–H groups in total. The van der Waals surface area contributed by atoms with Crippen LogP contribution in [0.2, 0.25) is 5.02 Å². The highest BCUT2D eigenvalue weighted by atomic mass is 35.5. The third kappa shape index (κ3) is 2.18. The summed E-state index contributed by atoms with van der Waals surface area (Å²) in [7, 11) is 0. The van der Waals surface area contributed by atoms with Crippen LogP contribution in [0.15, 0.2) is 29.4 Å². The standard InChI is InChI=1S/C17H21ClN2O/c1-16(2)12-8-9-17(16,3)14(10-12)19-20-15(21)11-4-6-13(18)7-5-11/h4-7,12H,8-10H2,1-3H3,(H,20,21)/b19-14-/t12-,17+/m0/s1. The van der Waals surface area contributed by atoms with Gasteiger partial charge in [-0.2, -0.15) is 5.10 Å². The highest BCUT2D eigenvalue weighted by Gasteiger charge is 2.59. The number of halogens is 1. The van der Waals surface area contributed by atoms with Gasteiger partial charge in [0.05, 0.1) is 0 Å². The zero-order valence-electron chi connectivity index (χ0n) is 12.7. The van der Waals surface area contributed by atoms with Gasteiger partial charge in [-0.1, -0.05) is 32.4 Å². The Bertz CT molecular complexity index is 606. The molecule has 4 heteroatoms. The van der Waals surface area contributed by atoms with Gasteiger partial charge in [-0.15, -0.1) is 0 Å². The van der Waals surface area contributed by atoms with Gasteiger partial charge in [0.25, 0.3) is 5.91 Å². The smallest absolute Gasteiger partial charge is 0.267 e. The second-order valence-electron chi connectivity index (χ2n) is 7.00. The lowest BCUT2D eigenvalue weighted by atomic mass is 9.70. The molecule has 0 unspecified atom stereocenters. The van der Waals surface area contributed by atoms with Crippen molar-refractivity contribution in [3.63, 3.8) is 0 Å². The van der Waals surface area contributed by atoms with E-state index in [1.54, 1.807) is 24.3 Å². The van der Waals surface area contributed by atoms with Crippen LogP contribution in [-0.2, 0) is 0 Å². The molecular weight excluding hydrogens is 284 g/mol. The second kappa shape index (κ2) is 4.84. The largest absolute Gasteiger partial charge is 0.271 e. The number of nitrogens with one attached hydrogen (secondary N) is 1. The van der Waals surface area contributed by atoms with Gasteiger partial charge >= 0.3 is 0 Å². The topological polar surface area (TPSA) is 41.5 Å². The average Bonchev–Trinajstić information content (AvgIpc) is 2.78. The zero-order valence-corrected chi connectivity index (χ0v) is 13.5. The fourth-order valence-corrected chi connectivity index (χ4v) is 4.01. The number of hydrazone groups is 1. The lowest BCUT2D eigenvalue weighted by Gasteiger charge is -2.34. The van der Waals surface area contributed by atoms with Crippen molar-refractivity contribution in [3.8, 4) is 0 Å². The molecule has 2 aliphatic carbocycles. The maximum atomic E-state index is 12.1. The zero-order chi connectivity index (χ0) is 15.3. The van der Waals surface area contributed by atoms with Crippen molar-refractivity contribution >= 4 is 23.2 Å². The van der Waals surface area contributed by atoms with Crippen LogP contribution in [0.25, 0.3) is 0 Å². The number of fused-ring (bicyclic) bond motifs is 2. The SMILES string of the molecule is CC1(C)[C@H]2CC[C@]1(C)/C(=N\NC(=O)c1ccc(Cl)cc1)C2. The minimum absolute atomic E-state index is 0.116. The summed E-state index contributed by atoms with van der Waals surface area (Å²) in [5, 5.41) is 5.08. The highest BCUT2D eigenvalue weighted by Crippen LogP contribution is 2.63. The molecule has 1 amide bonds. The molecule has 0 spiro atoms. The number of benzene rings is 1. The Labute approximate surface area is 130 Å². The van der Waals surface area contributed by atoms with Crippen LogP contribution < -0.4 is 5.43 Å². The van der Waals surface area contributed by atoms with E-state index >= 15 is 0 Å². The van der Waals surface area contributed by atoms with Gasteiger partial charge in [0.2, 0.25) is 0 Å². The van der Waals surface area contributed by atoms with E-state index in [2.05, 4.69) is 31.3 Å². The first-order valence-corrected chi connectivity index (χ1v) is 7.85. The molecule has 112 valence electrons. The Hall–Kier alpha value is -1.35. The molecule has 0 aromatic heterocycles. The van der Waals surface area contributed by atoms with Crippen molar-refractivity contribution in [1.82, 2.24) is 5.43 Å². The number of carbonyl (C=O) groups excluding carboxylic acids is 1. The second-order valence-corrected chi connectivity index (χ2v) is 7.44. The van der Waals surface area contributed by atoms with Gasteiger partial charge in [-0.05, 0) is 54.9 Å². The third-order valence-corrected chi connectivity index (χ3v) is 6.16. The van der Waals surface area contributed by atoms with Gasteiger partial charge in [-0.25, -0.2) is 5.43 Å². The molecule has 2 fully saturated rings. The van der Waals surface area contributed by atoms with E-state index in [0.717, 1.165) is 12.1 Å². The Morgan fingerprint density at radius 2 is 1.95 bits per heavy atom. The highest BCUT2D eigenvalue weighted by molar-refractivity contribution is 6.30. The lowest BCUT2D eigenvalue weighted by Crippen LogP contribution is -2.34. The molecule has 1 aromatic rings. The van der Waals surface area contributed by atoms with Crippen molar-refractivity contribution in [1.29, 1.82) is 0 Å². The predicted molar refractivity (Wildman–Crippen MR) is 85.6 cm³/mol. The van der Waals surface area contributed by atoms with Gasteiger partial charge in [0.1, 0.15) is 0 Å². The van der Waals surface area contributed by atoms with Crippen molar-refractivity contribution in [2.24, 2.45) is 21.8 Å². The minimum atomic E-state index is -0.177. The molecule has 3 nitrogen and oxygen atoms in total. The molecule has 3 rings (SSSR count). The molecule has 0 heterocycles. The van der Waals surface area contributed by atoms with E-state index in [9.17, 15) is 4.79 Å². The fourth-order valence-electron chi connectivity index (χ4n) is 3.88. The average molecular weight is 305 g/mol. The van der Waals surface area contributed by atoms with Crippen LogP contribution in [0.5, 0.6) is 0 Å². The summed E-state index contributed by atoms with van der Waals surface area (Å²) in [6, 6.07) is 6.85. The van der Waals surface area contributed by atoms with Crippen molar-refractivity contribution < 1.29 is 4.79 Å². The van der Waals surface area contributed by atoms with Gasteiger partial charge in [-0.3, -0.25) is 4.79 Å². The molecule has 2 atom stereocenters. The number of hydrogen-bond donors (Lipinski definition) is 1. The van der Waals surface area contributed by atoms with E-state index < -0.39 is 0 Å². The predicted octanol–water partition coefficient (Wildman–Crippen LogP) is 4.27. The fraction of sp³-hybridized carbons (Fsp3) is 0.529. The Balaban J connectivity index is 1.76. The number of amides is 1. The van der Waals surface area contributed by atoms with Crippen molar-refractivity contribution in [2.75, 3.05) is 0 Å². The first kappa shape index (κ1) is 14.6. The molecule has 0 aliphatic heterocycles. The van der Waals surface area contributed by atoms with Gasteiger partial charge in [0.15, 0.2) is 0 Å². The number of hydrogen-bond acceptors (Lipinski definition) is 2. The van der Waals surface area contributed by atoms with Crippen LogP contribution >= 0.6 is 11.6 Å². The molecule has 2 aliphatic rings. The first-order chi connectivity index (χ1) is 9.84. The number of carbonyl (C=O) groups is 1. The Morgan fingerprint density at radius 1 is 1.29 bits per heavy atom. The molecular formula is C17H21ClN2O. The van der Waals surface area contributed by atoms with Crippen molar-refractivity contribution in [2.45, 2.75) is 40.0 Å². The summed E-state index contributed by atoms with van der Waals surface area (Å²) in [5.41, 5.74) is 4.83. The van der Waals surface area contributed by atoms with Crippen LogP contribution in [0.3, 0.4) is 0 Å². The number of nitrogens with zero attached hydrogens (tertiary/aromatic N) is 1. The maximum Gasteiger partial charge on any atom is 0.271 e. The van der Waals surface area contributed by atoms with Gasteiger partial charge < -0.3 is 0 Å². The van der Waals surface area contributed by atoms with Crippen LogP contribution in [-0.4, -0.2) is 11.6 Å². The molecule has 21 heavy (non-hydrogen) atoms. The molecule has 1 aromatic carbocycles. The maximum absolute atomic E-state index is 12.1. The molecule has 0 saturated heterocycles. The summed E-state index contributed by atoms with van der Waals surface area (Å²) in [6.07, 6.45) is 3.44. The Kier molecular flexibility index (Phi) is 3.36. The monoisotopic (exact) mass is 304 g/mol. The third-order valence-electron chi connectivity index (χ3n) is 5.91. The van der Waals surface area contributed by atoms with E-state index in [-0.39, 0.29) is 16.7 Å². The van der Waals surface area contributed by atoms with E-state index in [1.165, 1.54) is 12.8 Å². The molecule has 0 radical (unpaired) electrons. The quantitative estimate of drug-likeness (QED) is 0.814. The van der Waals surface area contributed by atoms with E-state index in [4.69, 9.17) is 11.6 Å². The molecule has 2 saturated carbocycles. The summed E-state index contributed by atoms with van der Waals surface area (Å²) in [5.74, 6) is 0.511. The summed E-state index contributed by atoms with van der Waals surface area (Å²) in [4.78, 5) is 12.1. The first-order valence-electron chi connectivity index (χ1n) is 7.47. The summed E-state index contributed by atoms with van der Waals surface area (Å²) < 4.78 is 0. The van der Waals surface area contributed by atoms with Crippen molar-refractivity contribution in [3.05, 3.63) is 34.9 Å². The van der Waals surface area contributed by atoms with Crippen LogP contribution in [0.1, 0.15) is 50.4 Å². The molecule has 2 bridgehead atoms. The van der Waals surface area contributed by atoms with Crippen LogP contribution in [0, 0.1) is 16.7 Å². The number of rotatable bonds is 2. The summed E-state index contributed by atoms with van der Waals surface area (Å²) in [6.45, 7) is 6.94. The lowest BCUT2D eigenvalue weighted by molar-refractivity contribution is 0.0954. The van der Waals surface area contributed by atoms with Gasteiger partial charge in [0, 0.05) is 21.7 Å². The van der Waals surface area contributed by atoms with E-state index in [0.29, 0.717) is 16.5 Å². The normalized spacial score (nSPS) is 31.6. The van der Waals surface area contributed by atoms with Crippen LogP contribution in [0.4, 0.5) is 0 Å². The van der Waals surface area contributed by atoms with E-state index in [1.807, 2.05) is 0 Å².